The first-order valence-corrected chi connectivity index (χ1v) is 13.0. The normalized spacial score (nSPS) is 11.7. The van der Waals surface area contributed by atoms with Crippen LogP contribution in [0.4, 0.5) is 5.82 Å². The second kappa shape index (κ2) is 11.4. The van der Waals surface area contributed by atoms with Crippen LogP contribution in [-0.4, -0.2) is 61.4 Å². The molecule has 0 saturated heterocycles. The number of aliphatic hydroxyl groups is 1. The number of ether oxygens (including phenoxy) is 1. The summed E-state index contributed by atoms with van der Waals surface area (Å²) < 4.78 is 32.8. The van der Waals surface area contributed by atoms with Gasteiger partial charge in [0, 0.05) is 25.3 Å². The summed E-state index contributed by atoms with van der Waals surface area (Å²) >= 11 is 0. The van der Waals surface area contributed by atoms with Crippen LogP contribution in [0.25, 0.3) is 33.4 Å². The molecule has 4 N–H and O–H groups in total. The molecule has 0 bridgehead atoms. The number of nitrogens with zero attached hydrogens (tertiary/aromatic N) is 2. The molecule has 35 heavy (non-hydrogen) atoms. The molecule has 2 heterocycles. The topological polar surface area (TPSA) is 129 Å². The van der Waals surface area contributed by atoms with Crippen LogP contribution < -0.4 is 10.0 Å². The summed E-state index contributed by atoms with van der Waals surface area (Å²) in [5.41, 5.74) is 4.19. The number of fused-ring (bicyclic) bond motifs is 1. The molecule has 0 atom stereocenters. The van der Waals surface area contributed by atoms with Crippen molar-refractivity contribution in [3.05, 3.63) is 60.9 Å². The molecule has 0 aliphatic rings. The van der Waals surface area contributed by atoms with Crippen LogP contribution in [0.5, 0.6) is 0 Å². The first-order valence-electron chi connectivity index (χ1n) is 11.5. The predicted molar refractivity (Wildman–Crippen MR) is 137 cm³/mol. The van der Waals surface area contributed by atoms with Gasteiger partial charge in [-0.15, -0.1) is 0 Å². The number of anilines is 1. The molecular formula is C25H29N5O4S. The SMILES string of the molecule is CCCOCCNc1ncnc2[nH]c(-c3ccc(S(=O)(=O)NCCO)cc3)c(-c3ccccc3)c12. The number of nitrogens with one attached hydrogen (secondary N) is 3. The molecule has 0 fully saturated rings. The van der Waals surface area contributed by atoms with Crippen LogP contribution in [0.2, 0.25) is 0 Å². The van der Waals surface area contributed by atoms with Crippen molar-refractivity contribution in [2.45, 2.75) is 18.2 Å². The minimum Gasteiger partial charge on any atom is -0.395 e. The van der Waals surface area contributed by atoms with Crippen molar-refractivity contribution in [3.63, 3.8) is 0 Å². The maximum atomic E-state index is 12.4. The van der Waals surface area contributed by atoms with Crippen molar-refractivity contribution in [1.29, 1.82) is 0 Å². The third-order valence-electron chi connectivity index (χ3n) is 5.40. The Labute approximate surface area is 204 Å². The van der Waals surface area contributed by atoms with Gasteiger partial charge in [-0.25, -0.2) is 23.1 Å². The summed E-state index contributed by atoms with van der Waals surface area (Å²) in [7, 11) is -3.70. The van der Waals surface area contributed by atoms with Gasteiger partial charge in [0.2, 0.25) is 10.0 Å². The van der Waals surface area contributed by atoms with Gasteiger partial charge in [-0.05, 0) is 29.7 Å². The van der Waals surface area contributed by atoms with Crippen LogP contribution in [0, 0.1) is 0 Å². The lowest BCUT2D eigenvalue weighted by molar-refractivity contribution is 0.144. The number of aromatic nitrogens is 3. The Kier molecular flexibility index (Phi) is 8.09. The summed E-state index contributed by atoms with van der Waals surface area (Å²) in [6, 6.07) is 16.5. The Morgan fingerprint density at radius 3 is 2.46 bits per heavy atom. The zero-order chi connectivity index (χ0) is 24.7. The van der Waals surface area contributed by atoms with Gasteiger partial charge in [-0.3, -0.25) is 0 Å². The number of sulfonamides is 1. The van der Waals surface area contributed by atoms with E-state index in [-0.39, 0.29) is 18.0 Å². The van der Waals surface area contributed by atoms with Gasteiger partial charge in [0.25, 0.3) is 0 Å². The average molecular weight is 496 g/mol. The third-order valence-corrected chi connectivity index (χ3v) is 6.87. The standard InChI is InChI=1S/C25H29N5O4S/c1-2-15-34-16-13-26-24-22-21(18-6-4-3-5-7-18)23(30-25(22)28-17-27-24)19-8-10-20(11-9-19)35(32,33)29-12-14-31/h3-11,17,29,31H,2,12-16H2,1H3,(H2,26,27,28,30). The minimum absolute atomic E-state index is 0.0395. The van der Waals surface area contributed by atoms with Crippen molar-refractivity contribution in [3.8, 4) is 22.4 Å². The lowest BCUT2D eigenvalue weighted by atomic mass is 9.99. The summed E-state index contributed by atoms with van der Waals surface area (Å²) in [5.74, 6) is 0.698. The number of aromatic amines is 1. The van der Waals surface area contributed by atoms with Gasteiger partial charge in [-0.2, -0.15) is 0 Å². The molecule has 0 saturated carbocycles. The molecular weight excluding hydrogens is 466 g/mol. The highest BCUT2D eigenvalue weighted by atomic mass is 32.2. The number of hydrogen-bond donors (Lipinski definition) is 4. The molecule has 0 spiro atoms. The fourth-order valence-electron chi connectivity index (χ4n) is 3.82. The third kappa shape index (κ3) is 5.68. The van der Waals surface area contributed by atoms with Crippen molar-refractivity contribution < 1.29 is 18.3 Å². The number of rotatable bonds is 12. The molecule has 184 valence electrons. The zero-order valence-corrected chi connectivity index (χ0v) is 20.3. The van der Waals surface area contributed by atoms with Crippen LogP contribution in [0.3, 0.4) is 0 Å². The van der Waals surface area contributed by atoms with Crippen molar-refractivity contribution >= 4 is 26.9 Å². The second-order valence-electron chi connectivity index (χ2n) is 7.87. The maximum absolute atomic E-state index is 12.4. The Bertz CT molecular complexity index is 1360. The summed E-state index contributed by atoms with van der Waals surface area (Å²) in [6.45, 7) is 3.65. The summed E-state index contributed by atoms with van der Waals surface area (Å²) in [4.78, 5) is 12.5. The molecule has 9 nitrogen and oxygen atoms in total. The average Bonchev–Trinajstić information content (AvgIpc) is 3.28. The van der Waals surface area contributed by atoms with Gasteiger partial charge in [0.05, 0.1) is 29.2 Å². The van der Waals surface area contributed by atoms with Gasteiger partial charge in [0.1, 0.15) is 17.8 Å². The molecule has 0 radical (unpaired) electrons. The van der Waals surface area contributed by atoms with Crippen molar-refractivity contribution in [2.75, 3.05) is 38.2 Å². The van der Waals surface area contributed by atoms with E-state index in [9.17, 15) is 8.42 Å². The lowest BCUT2D eigenvalue weighted by Crippen LogP contribution is -2.26. The molecule has 0 aliphatic carbocycles. The molecule has 10 heteroatoms. The number of H-pyrrole nitrogens is 1. The van der Waals surface area contributed by atoms with Gasteiger partial charge < -0.3 is 20.1 Å². The van der Waals surface area contributed by atoms with E-state index in [1.54, 1.807) is 24.3 Å². The molecule has 0 amide bonds. The van der Waals surface area contributed by atoms with E-state index in [2.05, 4.69) is 31.9 Å². The van der Waals surface area contributed by atoms with Crippen LogP contribution >= 0.6 is 0 Å². The van der Waals surface area contributed by atoms with E-state index in [1.807, 2.05) is 30.3 Å². The minimum atomic E-state index is -3.70. The number of benzene rings is 2. The highest BCUT2D eigenvalue weighted by Gasteiger charge is 2.20. The summed E-state index contributed by atoms with van der Waals surface area (Å²) in [5, 5.41) is 13.2. The van der Waals surface area contributed by atoms with Crippen LogP contribution in [0.1, 0.15) is 13.3 Å². The second-order valence-corrected chi connectivity index (χ2v) is 9.64. The quantitative estimate of drug-likeness (QED) is 0.222. The number of hydrogen-bond acceptors (Lipinski definition) is 7. The fourth-order valence-corrected chi connectivity index (χ4v) is 4.84. The van der Waals surface area contributed by atoms with E-state index in [1.165, 1.54) is 6.33 Å². The van der Waals surface area contributed by atoms with E-state index in [0.717, 1.165) is 34.2 Å². The predicted octanol–water partition coefficient (Wildman–Crippen LogP) is 3.40. The smallest absolute Gasteiger partial charge is 0.240 e. The monoisotopic (exact) mass is 495 g/mol. The fraction of sp³-hybridized carbons (Fsp3) is 0.280. The Morgan fingerprint density at radius 1 is 0.971 bits per heavy atom. The molecule has 4 aromatic rings. The van der Waals surface area contributed by atoms with E-state index in [4.69, 9.17) is 9.84 Å². The molecule has 0 unspecified atom stereocenters. The highest BCUT2D eigenvalue weighted by Crippen LogP contribution is 2.40. The zero-order valence-electron chi connectivity index (χ0n) is 19.5. The van der Waals surface area contributed by atoms with Gasteiger partial charge in [-0.1, -0.05) is 49.4 Å². The Balaban J connectivity index is 1.76. The van der Waals surface area contributed by atoms with Crippen LogP contribution in [0.15, 0.2) is 65.8 Å². The number of aliphatic hydroxyl groups excluding tert-OH is 1. The first-order chi connectivity index (χ1) is 17.0. The highest BCUT2D eigenvalue weighted by molar-refractivity contribution is 7.89. The van der Waals surface area contributed by atoms with Gasteiger partial charge in [0.15, 0.2) is 0 Å². The Morgan fingerprint density at radius 2 is 1.74 bits per heavy atom. The summed E-state index contributed by atoms with van der Waals surface area (Å²) in [6.07, 6.45) is 2.48. The van der Waals surface area contributed by atoms with Crippen molar-refractivity contribution in [2.24, 2.45) is 0 Å². The lowest BCUT2D eigenvalue weighted by Gasteiger charge is -2.10. The molecule has 2 aromatic carbocycles. The first kappa shape index (κ1) is 24.8. The van der Waals surface area contributed by atoms with E-state index >= 15 is 0 Å². The van der Waals surface area contributed by atoms with Crippen molar-refractivity contribution in [1.82, 2.24) is 19.7 Å². The van der Waals surface area contributed by atoms with Gasteiger partial charge >= 0.3 is 0 Å². The maximum Gasteiger partial charge on any atom is 0.240 e. The van der Waals surface area contributed by atoms with E-state index < -0.39 is 10.0 Å². The molecule has 4 rings (SSSR count). The largest absolute Gasteiger partial charge is 0.395 e. The Hall–Kier alpha value is -3.31. The van der Waals surface area contributed by atoms with Crippen LogP contribution in [-0.2, 0) is 14.8 Å². The van der Waals surface area contributed by atoms with E-state index in [0.29, 0.717) is 31.2 Å². The molecule has 0 aliphatic heterocycles. The molecule has 2 aromatic heterocycles.